The lowest BCUT2D eigenvalue weighted by atomic mass is 10.1. The Balaban J connectivity index is 2.34. The maximum absolute atomic E-state index is 11.5. The number of aliphatic hydroxyl groups excluding tert-OH is 2. The van der Waals surface area contributed by atoms with Crippen molar-refractivity contribution in [3.8, 4) is 0 Å². The Morgan fingerprint density at radius 3 is 2.72 bits per heavy atom. The normalized spacial score (nSPS) is 31.7. The summed E-state index contributed by atoms with van der Waals surface area (Å²) in [7, 11) is 0. The van der Waals surface area contributed by atoms with Crippen molar-refractivity contribution >= 4 is 0 Å². The van der Waals surface area contributed by atoms with E-state index in [0.717, 1.165) is 10.6 Å². The molecule has 0 bridgehead atoms. The van der Waals surface area contributed by atoms with Gasteiger partial charge in [-0.1, -0.05) is 0 Å². The molecule has 0 saturated carbocycles. The van der Waals surface area contributed by atoms with Crippen molar-refractivity contribution in [1.29, 1.82) is 0 Å². The predicted octanol–water partition coefficient (Wildman–Crippen LogP) is -2.87. The fraction of sp³-hybridized carbons (Fsp3) is 0.556. The van der Waals surface area contributed by atoms with Crippen molar-refractivity contribution in [2.75, 3.05) is 6.61 Å². The van der Waals surface area contributed by atoms with E-state index in [1.54, 1.807) is 0 Å². The molecule has 1 aliphatic rings. The average molecular weight is 259 g/mol. The lowest BCUT2D eigenvalue weighted by Crippen LogP contribution is -2.44. The molecule has 0 aromatic carbocycles. The predicted molar refractivity (Wildman–Crippen MR) is 57.0 cm³/mol. The molecule has 0 aliphatic carbocycles. The van der Waals surface area contributed by atoms with Crippen LogP contribution in [-0.2, 0) is 4.74 Å². The molecular formula is C9H13N3O6. The molecule has 1 saturated heterocycles. The molecule has 2 heterocycles. The fourth-order valence-corrected chi connectivity index (χ4v) is 1.92. The number of aromatic amines is 1. The second-order valence-electron chi connectivity index (χ2n) is 3.91. The van der Waals surface area contributed by atoms with Gasteiger partial charge < -0.3 is 20.2 Å². The molecule has 0 radical (unpaired) electrons. The summed E-state index contributed by atoms with van der Waals surface area (Å²) in [5.41, 5.74) is 0.505. The summed E-state index contributed by atoms with van der Waals surface area (Å²) < 4.78 is 6.23. The first kappa shape index (κ1) is 12.9. The lowest BCUT2D eigenvalue weighted by Gasteiger charge is -2.17. The van der Waals surface area contributed by atoms with E-state index in [9.17, 15) is 14.7 Å². The summed E-state index contributed by atoms with van der Waals surface area (Å²) in [5, 5.41) is 27.8. The third-order valence-electron chi connectivity index (χ3n) is 2.83. The van der Waals surface area contributed by atoms with E-state index in [-0.39, 0.29) is 0 Å². The monoisotopic (exact) mass is 259 g/mol. The molecule has 100 valence electrons. The van der Waals surface area contributed by atoms with E-state index < -0.39 is 42.3 Å². The number of aliphatic hydroxyl groups is 2. The highest BCUT2D eigenvalue weighted by Gasteiger charge is 2.44. The van der Waals surface area contributed by atoms with Gasteiger partial charge in [0.2, 0.25) is 0 Å². The van der Waals surface area contributed by atoms with Gasteiger partial charge in [0.1, 0.15) is 12.2 Å². The van der Waals surface area contributed by atoms with Crippen LogP contribution in [0, 0.1) is 0 Å². The maximum Gasteiger partial charge on any atom is 0.330 e. The van der Waals surface area contributed by atoms with Gasteiger partial charge in [-0.2, -0.15) is 5.48 Å². The zero-order valence-electron chi connectivity index (χ0n) is 9.18. The third kappa shape index (κ3) is 2.09. The molecule has 0 amide bonds. The second kappa shape index (κ2) is 5.00. The SMILES string of the molecule is O=c1ccn([C@H]2O[C@@H](CO)C(NO)C2O)c(=O)[nH]1. The molecule has 2 unspecified atom stereocenters. The van der Waals surface area contributed by atoms with E-state index in [1.165, 1.54) is 6.20 Å². The summed E-state index contributed by atoms with van der Waals surface area (Å²) >= 11 is 0. The van der Waals surface area contributed by atoms with Crippen LogP contribution in [0.3, 0.4) is 0 Å². The van der Waals surface area contributed by atoms with Gasteiger partial charge in [-0.05, 0) is 0 Å². The van der Waals surface area contributed by atoms with E-state index in [1.807, 2.05) is 10.5 Å². The van der Waals surface area contributed by atoms with Gasteiger partial charge in [0.15, 0.2) is 6.23 Å². The summed E-state index contributed by atoms with van der Waals surface area (Å²) in [4.78, 5) is 24.5. The summed E-state index contributed by atoms with van der Waals surface area (Å²) in [6.07, 6.45) is -2.05. The number of rotatable bonds is 3. The van der Waals surface area contributed by atoms with E-state index >= 15 is 0 Å². The van der Waals surface area contributed by atoms with Crippen LogP contribution < -0.4 is 16.7 Å². The minimum absolute atomic E-state index is 0.441. The van der Waals surface area contributed by atoms with Crippen LogP contribution in [-0.4, -0.2) is 49.8 Å². The highest BCUT2D eigenvalue weighted by atomic mass is 16.6. The Morgan fingerprint density at radius 1 is 1.50 bits per heavy atom. The Hall–Kier alpha value is -1.52. The van der Waals surface area contributed by atoms with Crippen LogP contribution in [0.4, 0.5) is 0 Å². The molecule has 0 spiro atoms. The minimum atomic E-state index is -1.25. The van der Waals surface area contributed by atoms with Gasteiger partial charge in [-0.3, -0.25) is 14.3 Å². The molecule has 1 aromatic rings. The number of hydrogen-bond donors (Lipinski definition) is 5. The molecule has 2 rings (SSSR count). The molecular weight excluding hydrogens is 246 g/mol. The fourth-order valence-electron chi connectivity index (χ4n) is 1.92. The van der Waals surface area contributed by atoms with Crippen LogP contribution in [0.5, 0.6) is 0 Å². The second-order valence-corrected chi connectivity index (χ2v) is 3.91. The summed E-state index contributed by atoms with van der Waals surface area (Å²) in [6, 6.07) is 0.171. The Labute approximate surface area is 100 Å². The van der Waals surface area contributed by atoms with Gasteiger partial charge in [0.05, 0.1) is 12.6 Å². The molecule has 1 aliphatic heterocycles. The highest BCUT2D eigenvalue weighted by molar-refractivity contribution is 4.95. The maximum atomic E-state index is 11.5. The van der Waals surface area contributed by atoms with Crippen LogP contribution in [0.1, 0.15) is 6.23 Å². The van der Waals surface area contributed by atoms with Crippen molar-refractivity contribution in [3.63, 3.8) is 0 Å². The van der Waals surface area contributed by atoms with Crippen molar-refractivity contribution in [2.24, 2.45) is 0 Å². The van der Waals surface area contributed by atoms with Gasteiger partial charge in [-0.15, -0.1) is 0 Å². The molecule has 9 heteroatoms. The summed E-state index contributed by atoms with van der Waals surface area (Å²) in [5.74, 6) is 0. The number of H-pyrrole nitrogens is 1. The van der Waals surface area contributed by atoms with Crippen molar-refractivity contribution < 1.29 is 20.2 Å². The Bertz CT molecular complexity index is 526. The van der Waals surface area contributed by atoms with E-state index in [0.29, 0.717) is 0 Å². The van der Waals surface area contributed by atoms with Crippen LogP contribution in [0.25, 0.3) is 0 Å². The number of nitrogens with zero attached hydrogens (tertiary/aromatic N) is 1. The van der Waals surface area contributed by atoms with Crippen molar-refractivity contribution in [1.82, 2.24) is 15.0 Å². The molecule has 4 atom stereocenters. The Kier molecular flexibility index (Phi) is 3.59. The number of hydroxylamine groups is 1. The first-order valence-corrected chi connectivity index (χ1v) is 5.24. The molecule has 1 aromatic heterocycles. The first-order chi connectivity index (χ1) is 8.58. The van der Waals surface area contributed by atoms with Crippen LogP contribution in [0.2, 0.25) is 0 Å². The zero-order valence-corrected chi connectivity index (χ0v) is 9.18. The molecule has 1 fully saturated rings. The number of nitrogens with one attached hydrogen (secondary N) is 2. The van der Waals surface area contributed by atoms with E-state index in [4.69, 9.17) is 15.1 Å². The third-order valence-corrected chi connectivity index (χ3v) is 2.83. The van der Waals surface area contributed by atoms with Gasteiger partial charge in [0.25, 0.3) is 5.56 Å². The average Bonchev–Trinajstić information content (AvgIpc) is 2.66. The largest absolute Gasteiger partial charge is 0.394 e. The minimum Gasteiger partial charge on any atom is -0.394 e. The molecule has 5 N–H and O–H groups in total. The van der Waals surface area contributed by atoms with Gasteiger partial charge >= 0.3 is 5.69 Å². The Morgan fingerprint density at radius 2 is 2.22 bits per heavy atom. The van der Waals surface area contributed by atoms with Gasteiger partial charge in [-0.25, -0.2) is 4.79 Å². The molecule has 9 nitrogen and oxygen atoms in total. The topological polar surface area (TPSA) is 137 Å². The smallest absolute Gasteiger partial charge is 0.330 e. The molecule has 18 heavy (non-hydrogen) atoms. The van der Waals surface area contributed by atoms with E-state index in [2.05, 4.69) is 0 Å². The zero-order chi connectivity index (χ0) is 13.3. The number of hydrogen-bond acceptors (Lipinski definition) is 7. The van der Waals surface area contributed by atoms with Crippen molar-refractivity contribution in [3.05, 3.63) is 33.1 Å². The number of aromatic nitrogens is 2. The van der Waals surface area contributed by atoms with Crippen LogP contribution >= 0.6 is 0 Å². The highest BCUT2D eigenvalue weighted by Crippen LogP contribution is 2.27. The van der Waals surface area contributed by atoms with Gasteiger partial charge in [0, 0.05) is 12.3 Å². The summed E-state index contributed by atoms with van der Waals surface area (Å²) in [6.45, 7) is -0.441. The van der Waals surface area contributed by atoms with Crippen molar-refractivity contribution in [2.45, 2.75) is 24.5 Å². The van der Waals surface area contributed by atoms with Crippen LogP contribution in [0.15, 0.2) is 21.9 Å². The number of ether oxygens (including phenoxy) is 1. The quantitative estimate of drug-likeness (QED) is 0.368. The standard InChI is InChI=1S/C9H13N3O6/c13-3-4-6(11-17)7(15)8(18-4)12-2-1-5(14)10-9(12)16/h1-2,4,6-8,11,13,15,17H,3H2,(H,10,14,16)/t4-,6?,7?,8-/m0/s1. The first-order valence-electron chi connectivity index (χ1n) is 5.24. The lowest BCUT2D eigenvalue weighted by molar-refractivity contribution is -0.0539.